The number of anilines is 1. The number of aryl methyl sites for hydroxylation is 1. The Morgan fingerprint density at radius 3 is 2.20 bits per heavy atom. The van der Waals surface area contributed by atoms with E-state index in [1.807, 2.05) is 0 Å². The first-order chi connectivity index (χ1) is 14.1. The second-order valence-electron chi connectivity index (χ2n) is 6.68. The van der Waals surface area contributed by atoms with E-state index in [0.717, 1.165) is 0 Å². The molecule has 0 atom stereocenters. The molecule has 0 aliphatic carbocycles. The van der Waals surface area contributed by atoms with Gasteiger partial charge in [0.25, 0.3) is 5.91 Å². The van der Waals surface area contributed by atoms with Gasteiger partial charge < -0.3 is 15.2 Å². The molecule has 3 aromatic carbocycles. The number of sulfone groups is 1. The molecule has 0 aliphatic rings. The summed E-state index contributed by atoms with van der Waals surface area (Å²) >= 11 is 5.85. The number of amides is 1. The minimum Gasteiger partial charge on any atom is -0.506 e. The van der Waals surface area contributed by atoms with Crippen LogP contribution in [0.5, 0.6) is 11.5 Å². The number of carbonyl (C=O) groups excluding carboxylic acids is 1. The molecular weight excluding hydrogens is 426 g/mol. The number of rotatable bonds is 5. The fraction of sp³-hybridized carbons (Fsp3) is 0.136. The molecule has 8 heteroatoms. The highest BCUT2D eigenvalue weighted by Crippen LogP contribution is 2.38. The molecular formula is C22H20ClNO5S. The number of phenolic OH excluding ortho intramolecular Hbond substituents is 1. The quantitative estimate of drug-likeness (QED) is 0.552. The van der Waals surface area contributed by atoms with Crippen LogP contribution in [0.1, 0.15) is 21.5 Å². The average Bonchev–Trinajstić information content (AvgIpc) is 2.72. The molecule has 3 aromatic rings. The first kappa shape index (κ1) is 21.7. The van der Waals surface area contributed by atoms with Gasteiger partial charge in [-0.25, -0.2) is 8.42 Å². The molecule has 30 heavy (non-hydrogen) atoms. The molecule has 0 unspecified atom stereocenters. The van der Waals surface area contributed by atoms with E-state index < -0.39 is 15.7 Å². The summed E-state index contributed by atoms with van der Waals surface area (Å²) in [6.07, 6.45) is 0. The fourth-order valence-electron chi connectivity index (χ4n) is 3.00. The third-order valence-corrected chi connectivity index (χ3v) is 6.87. The van der Waals surface area contributed by atoms with Crippen molar-refractivity contribution >= 4 is 33.0 Å². The van der Waals surface area contributed by atoms with Crippen molar-refractivity contribution in [2.45, 2.75) is 23.6 Å². The number of halogens is 1. The lowest BCUT2D eigenvalue weighted by atomic mass is 10.1. The highest BCUT2D eigenvalue weighted by molar-refractivity contribution is 7.91. The van der Waals surface area contributed by atoms with Crippen LogP contribution in [0.2, 0.25) is 5.02 Å². The van der Waals surface area contributed by atoms with Gasteiger partial charge in [0.15, 0.2) is 0 Å². The predicted molar refractivity (Wildman–Crippen MR) is 115 cm³/mol. The zero-order valence-corrected chi connectivity index (χ0v) is 18.1. The lowest BCUT2D eigenvalue weighted by molar-refractivity contribution is 0.102. The van der Waals surface area contributed by atoms with Gasteiger partial charge in [-0.1, -0.05) is 11.6 Å². The summed E-state index contributed by atoms with van der Waals surface area (Å²) in [5, 5.41) is 13.8. The second-order valence-corrected chi connectivity index (χ2v) is 9.01. The van der Waals surface area contributed by atoms with Crippen LogP contribution in [0.15, 0.2) is 64.4 Å². The number of hydrogen-bond donors (Lipinski definition) is 2. The molecule has 0 aromatic heterocycles. The molecule has 0 saturated heterocycles. The summed E-state index contributed by atoms with van der Waals surface area (Å²) in [5.74, 6) is -0.268. The van der Waals surface area contributed by atoms with E-state index in [1.165, 1.54) is 44.4 Å². The van der Waals surface area contributed by atoms with Crippen molar-refractivity contribution in [1.82, 2.24) is 0 Å². The maximum absolute atomic E-state index is 13.2. The molecule has 0 saturated carbocycles. The van der Waals surface area contributed by atoms with Crippen molar-refractivity contribution in [3.8, 4) is 11.5 Å². The standard InChI is InChI=1S/C22H20ClNO5S/c1-13-12-19(24-22(26)15-4-6-16(23)7-5-15)14(2)21(20(13)25)30(27,28)18-10-8-17(29-3)9-11-18/h4-12,25H,1-3H3,(H,24,26). The summed E-state index contributed by atoms with van der Waals surface area (Å²) in [6.45, 7) is 3.10. The SMILES string of the molecule is COc1ccc(S(=O)(=O)c2c(C)c(NC(=O)c3ccc(Cl)cc3)cc(C)c2O)cc1. The third kappa shape index (κ3) is 4.13. The zero-order chi connectivity index (χ0) is 22.1. The van der Waals surface area contributed by atoms with Crippen molar-refractivity contribution < 1.29 is 23.1 Å². The zero-order valence-electron chi connectivity index (χ0n) is 16.6. The molecule has 156 valence electrons. The van der Waals surface area contributed by atoms with Crippen LogP contribution in [-0.4, -0.2) is 26.5 Å². The van der Waals surface area contributed by atoms with Gasteiger partial charge >= 0.3 is 0 Å². The maximum Gasteiger partial charge on any atom is 0.255 e. The number of phenols is 1. The highest BCUT2D eigenvalue weighted by atomic mass is 35.5. The Morgan fingerprint density at radius 2 is 1.63 bits per heavy atom. The average molecular weight is 446 g/mol. The monoisotopic (exact) mass is 445 g/mol. The lowest BCUT2D eigenvalue weighted by Gasteiger charge is -2.17. The highest BCUT2D eigenvalue weighted by Gasteiger charge is 2.27. The molecule has 6 nitrogen and oxygen atoms in total. The van der Waals surface area contributed by atoms with Gasteiger partial charge in [-0.2, -0.15) is 0 Å². The lowest BCUT2D eigenvalue weighted by Crippen LogP contribution is -2.15. The topological polar surface area (TPSA) is 92.7 Å². The number of aromatic hydroxyl groups is 1. The number of nitrogens with one attached hydrogen (secondary N) is 1. The van der Waals surface area contributed by atoms with Crippen molar-refractivity contribution in [3.05, 3.63) is 76.3 Å². The van der Waals surface area contributed by atoms with Crippen molar-refractivity contribution in [3.63, 3.8) is 0 Å². The Labute approximate surface area is 180 Å². The van der Waals surface area contributed by atoms with Crippen molar-refractivity contribution in [2.75, 3.05) is 12.4 Å². The van der Waals surface area contributed by atoms with E-state index in [0.29, 0.717) is 21.9 Å². The number of carbonyl (C=O) groups is 1. The van der Waals surface area contributed by atoms with Gasteiger partial charge in [-0.3, -0.25) is 4.79 Å². The van der Waals surface area contributed by atoms with E-state index >= 15 is 0 Å². The fourth-order valence-corrected chi connectivity index (χ4v) is 4.78. The van der Waals surface area contributed by atoms with Crippen molar-refractivity contribution in [2.24, 2.45) is 0 Å². The van der Waals surface area contributed by atoms with Crippen LogP contribution in [0.3, 0.4) is 0 Å². The number of benzene rings is 3. The number of ether oxygens (including phenoxy) is 1. The molecule has 0 spiro atoms. The largest absolute Gasteiger partial charge is 0.506 e. The van der Waals surface area contributed by atoms with E-state index in [-0.39, 0.29) is 26.8 Å². The Balaban J connectivity index is 2.06. The van der Waals surface area contributed by atoms with Crippen LogP contribution < -0.4 is 10.1 Å². The Morgan fingerprint density at radius 1 is 1.03 bits per heavy atom. The maximum atomic E-state index is 13.2. The van der Waals surface area contributed by atoms with Gasteiger partial charge in [0.1, 0.15) is 16.4 Å². The summed E-state index contributed by atoms with van der Waals surface area (Å²) in [5.41, 5.74) is 1.21. The summed E-state index contributed by atoms with van der Waals surface area (Å²) in [4.78, 5) is 12.3. The van der Waals surface area contributed by atoms with Crippen LogP contribution >= 0.6 is 11.6 Å². The molecule has 0 heterocycles. The molecule has 0 bridgehead atoms. The first-order valence-electron chi connectivity index (χ1n) is 8.94. The van der Waals surface area contributed by atoms with Gasteiger partial charge in [-0.15, -0.1) is 0 Å². The smallest absolute Gasteiger partial charge is 0.255 e. The Bertz CT molecular complexity index is 1200. The number of hydrogen-bond acceptors (Lipinski definition) is 5. The summed E-state index contributed by atoms with van der Waals surface area (Å²) in [7, 11) is -2.57. The minimum atomic E-state index is -4.05. The van der Waals surface area contributed by atoms with E-state index in [1.54, 1.807) is 31.2 Å². The molecule has 2 N–H and O–H groups in total. The predicted octanol–water partition coefficient (Wildman–Crippen LogP) is 4.76. The van der Waals surface area contributed by atoms with Crippen LogP contribution in [0.4, 0.5) is 5.69 Å². The van der Waals surface area contributed by atoms with Gasteiger partial charge in [0, 0.05) is 16.3 Å². The molecule has 0 aliphatic heterocycles. The Hall–Kier alpha value is -3.03. The van der Waals surface area contributed by atoms with E-state index in [2.05, 4.69) is 5.32 Å². The summed E-state index contributed by atoms with van der Waals surface area (Å²) < 4.78 is 31.6. The van der Waals surface area contributed by atoms with Crippen LogP contribution in [-0.2, 0) is 9.84 Å². The van der Waals surface area contributed by atoms with Crippen LogP contribution in [0, 0.1) is 13.8 Å². The molecule has 0 radical (unpaired) electrons. The molecule has 0 fully saturated rings. The van der Waals surface area contributed by atoms with Gasteiger partial charge in [0.2, 0.25) is 9.84 Å². The van der Waals surface area contributed by atoms with Gasteiger partial charge in [0.05, 0.1) is 12.0 Å². The number of methoxy groups -OCH3 is 1. The van der Waals surface area contributed by atoms with Gasteiger partial charge in [-0.05, 0) is 79.6 Å². The molecule has 3 rings (SSSR count). The molecule has 1 amide bonds. The Kier molecular flexibility index (Phi) is 6.05. The van der Waals surface area contributed by atoms with E-state index in [9.17, 15) is 18.3 Å². The normalized spacial score (nSPS) is 11.2. The second kappa shape index (κ2) is 8.38. The van der Waals surface area contributed by atoms with E-state index in [4.69, 9.17) is 16.3 Å². The first-order valence-corrected chi connectivity index (χ1v) is 10.8. The summed E-state index contributed by atoms with van der Waals surface area (Å²) in [6, 6.07) is 13.7. The third-order valence-electron chi connectivity index (χ3n) is 4.69. The van der Waals surface area contributed by atoms with Crippen molar-refractivity contribution in [1.29, 1.82) is 0 Å². The minimum absolute atomic E-state index is 0.00211. The van der Waals surface area contributed by atoms with Crippen LogP contribution in [0.25, 0.3) is 0 Å².